The van der Waals surface area contributed by atoms with Crippen molar-refractivity contribution in [2.45, 2.75) is 65.1 Å². The number of hydrogen-bond donors (Lipinski definition) is 1. The van der Waals surface area contributed by atoms with Crippen molar-refractivity contribution < 1.29 is 14.3 Å². The molecule has 0 saturated carbocycles. The summed E-state index contributed by atoms with van der Waals surface area (Å²) < 4.78 is 7.34. The van der Waals surface area contributed by atoms with Gasteiger partial charge in [0.2, 0.25) is 0 Å². The number of aryl methyl sites for hydroxylation is 1. The first-order chi connectivity index (χ1) is 17.5. The zero-order valence-corrected chi connectivity index (χ0v) is 23.5. The van der Waals surface area contributed by atoms with Gasteiger partial charge in [0, 0.05) is 10.6 Å². The molecule has 194 valence electrons. The van der Waals surface area contributed by atoms with Gasteiger partial charge in [0.15, 0.2) is 11.3 Å². The van der Waals surface area contributed by atoms with Crippen molar-refractivity contribution in [3.05, 3.63) is 51.7 Å². The maximum Gasteiger partial charge on any atom is 0.338 e. The van der Waals surface area contributed by atoms with Crippen LogP contribution in [0.2, 0.25) is 0 Å². The molecule has 2 aromatic heterocycles. The first-order valence-corrected chi connectivity index (χ1v) is 14.2. The standard InChI is InChI=1S/C27H31N5O3S2/c1-15(35-25(34)17-7-10-19(11-8-17)32-16(2)30-31-26(32)36-6)23(33)29-24-21(14-28)20-12-9-18(27(3,4)5)13-22(20)37-24/h7-8,10-11,15,18H,9,12-13H2,1-6H3,(H,29,33). The third-order valence-electron chi connectivity index (χ3n) is 6.83. The van der Waals surface area contributed by atoms with Crippen molar-refractivity contribution in [3.63, 3.8) is 0 Å². The van der Waals surface area contributed by atoms with E-state index in [1.807, 2.05) is 17.7 Å². The Morgan fingerprint density at radius 2 is 1.97 bits per heavy atom. The predicted octanol–water partition coefficient (Wildman–Crippen LogP) is 5.57. The van der Waals surface area contributed by atoms with Gasteiger partial charge in [0.05, 0.1) is 11.1 Å². The van der Waals surface area contributed by atoms with Gasteiger partial charge >= 0.3 is 5.97 Å². The largest absolute Gasteiger partial charge is 0.449 e. The summed E-state index contributed by atoms with van der Waals surface area (Å²) in [4.78, 5) is 26.8. The number of carbonyl (C=O) groups is 2. The molecule has 1 aliphatic rings. The van der Waals surface area contributed by atoms with E-state index >= 15 is 0 Å². The highest BCUT2D eigenvalue weighted by Crippen LogP contribution is 2.44. The first kappa shape index (κ1) is 26.9. The predicted molar refractivity (Wildman–Crippen MR) is 145 cm³/mol. The zero-order valence-electron chi connectivity index (χ0n) is 21.9. The van der Waals surface area contributed by atoms with Crippen LogP contribution in [-0.4, -0.2) is 39.0 Å². The van der Waals surface area contributed by atoms with Crippen LogP contribution in [0, 0.1) is 29.6 Å². The molecule has 2 atom stereocenters. The summed E-state index contributed by atoms with van der Waals surface area (Å²) in [5.41, 5.74) is 2.92. The van der Waals surface area contributed by atoms with Crippen LogP contribution < -0.4 is 5.32 Å². The fraction of sp³-hybridized carbons (Fsp3) is 0.444. The molecule has 0 spiro atoms. The topological polar surface area (TPSA) is 110 Å². The summed E-state index contributed by atoms with van der Waals surface area (Å²) >= 11 is 2.94. The van der Waals surface area contributed by atoms with Gasteiger partial charge < -0.3 is 10.1 Å². The molecule has 2 heterocycles. The number of anilines is 1. The molecule has 37 heavy (non-hydrogen) atoms. The summed E-state index contributed by atoms with van der Waals surface area (Å²) in [6.07, 6.45) is 3.66. The van der Waals surface area contributed by atoms with Crippen molar-refractivity contribution in [2.24, 2.45) is 11.3 Å². The Bertz CT molecular complexity index is 1360. The summed E-state index contributed by atoms with van der Waals surface area (Å²) in [6, 6.07) is 9.15. The minimum Gasteiger partial charge on any atom is -0.449 e. The van der Waals surface area contributed by atoms with E-state index in [0.717, 1.165) is 46.4 Å². The van der Waals surface area contributed by atoms with Crippen LogP contribution in [0.15, 0.2) is 29.4 Å². The Labute approximate surface area is 225 Å². The fourth-order valence-electron chi connectivity index (χ4n) is 4.55. The van der Waals surface area contributed by atoms with Gasteiger partial charge in [-0.3, -0.25) is 9.36 Å². The number of nitriles is 1. The van der Waals surface area contributed by atoms with Crippen LogP contribution in [0.25, 0.3) is 5.69 Å². The molecule has 0 radical (unpaired) electrons. The number of carbonyl (C=O) groups excluding carboxylic acids is 2. The summed E-state index contributed by atoms with van der Waals surface area (Å²) in [5, 5.41) is 22.1. The average Bonchev–Trinajstić information content (AvgIpc) is 3.41. The second kappa shape index (κ2) is 10.7. The number of esters is 1. The number of rotatable bonds is 6. The Hall–Kier alpha value is -3.16. The SMILES string of the molecule is CSc1nnc(C)n1-c1ccc(C(=O)OC(C)C(=O)Nc2sc3c(c2C#N)CCC(C(C)(C)C)C3)cc1. The Balaban J connectivity index is 1.42. The normalized spacial score (nSPS) is 16.0. The molecule has 1 aromatic carbocycles. The van der Waals surface area contributed by atoms with E-state index < -0.39 is 18.0 Å². The van der Waals surface area contributed by atoms with E-state index in [4.69, 9.17) is 4.74 Å². The second-order valence-corrected chi connectivity index (χ2v) is 12.2. The van der Waals surface area contributed by atoms with Crippen molar-refractivity contribution in [3.8, 4) is 11.8 Å². The minimum absolute atomic E-state index is 0.185. The fourth-order valence-corrected chi connectivity index (χ4v) is 6.37. The molecule has 0 bridgehead atoms. The number of ether oxygens (including phenoxy) is 1. The molecule has 4 rings (SSSR count). The number of nitrogens with zero attached hydrogens (tertiary/aromatic N) is 4. The molecule has 10 heteroatoms. The second-order valence-electron chi connectivity index (χ2n) is 10.3. The lowest BCUT2D eigenvalue weighted by Gasteiger charge is -2.33. The highest BCUT2D eigenvalue weighted by Gasteiger charge is 2.33. The number of fused-ring (bicyclic) bond motifs is 1. The Morgan fingerprint density at radius 1 is 1.27 bits per heavy atom. The lowest BCUT2D eigenvalue weighted by molar-refractivity contribution is -0.123. The van der Waals surface area contributed by atoms with Crippen LogP contribution >= 0.6 is 23.1 Å². The number of amides is 1. The number of aromatic nitrogens is 3. The van der Waals surface area contributed by atoms with Crippen molar-refractivity contribution >= 4 is 40.0 Å². The smallest absolute Gasteiger partial charge is 0.338 e. The molecule has 8 nitrogen and oxygen atoms in total. The average molecular weight is 538 g/mol. The lowest BCUT2D eigenvalue weighted by atomic mass is 9.72. The molecule has 2 unspecified atom stereocenters. The zero-order chi connectivity index (χ0) is 26.9. The quantitative estimate of drug-likeness (QED) is 0.323. The summed E-state index contributed by atoms with van der Waals surface area (Å²) in [7, 11) is 0. The molecule has 0 fully saturated rings. The van der Waals surface area contributed by atoms with E-state index in [0.29, 0.717) is 22.0 Å². The number of thiophene rings is 1. The molecular weight excluding hydrogens is 506 g/mol. The molecule has 1 amide bonds. The number of nitrogens with one attached hydrogen (secondary N) is 1. The lowest BCUT2D eigenvalue weighted by Crippen LogP contribution is -2.30. The van der Waals surface area contributed by atoms with Gasteiger partial charge in [-0.25, -0.2) is 4.79 Å². The third kappa shape index (κ3) is 5.58. The van der Waals surface area contributed by atoms with Crippen LogP contribution in [-0.2, 0) is 22.4 Å². The van der Waals surface area contributed by atoms with E-state index in [2.05, 4.69) is 42.4 Å². The minimum atomic E-state index is -1.02. The molecule has 0 aliphatic heterocycles. The molecular formula is C27H31N5O3S2. The van der Waals surface area contributed by atoms with Gasteiger partial charge in [-0.05, 0) is 80.5 Å². The van der Waals surface area contributed by atoms with Crippen LogP contribution in [0.4, 0.5) is 5.00 Å². The summed E-state index contributed by atoms with van der Waals surface area (Å²) in [6.45, 7) is 10.1. The van der Waals surface area contributed by atoms with Crippen molar-refractivity contribution in [2.75, 3.05) is 11.6 Å². The number of benzene rings is 1. The van der Waals surface area contributed by atoms with Gasteiger partial charge in [-0.15, -0.1) is 21.5 Å². The van der Waals surface area contributed by atoms with Gasteiger partial charge in [-0.1, -0.05) is 32.5 Å². The highest BCUT2D eigenvalue weighted by molar-refractivity contribution is 7.98. The van der Waals surface area contributed by atoms with Gasteiger partial charge in [0.25, 0.3) is 5.91 Å². The Kier molecular flexibility index (Phi) is 7.76. The molecule has 1 aliphatic carbocycles. The van der Waals surface area contributed by atoms with Crippen LogP contribution in [0.1, 0.15) is 66.3 Å². The molecule has 3 aromatic rings. The first-order valence-electron chi connectivity index (χ1n) is 12.2. The number of thioether (sulfide) groups is 1. The molecule has 1 N–H and O–H groups in total. The van der Waals surface area contributed by atoms with Crippen LogP contribution in [0.3, 0.4) is 0 Å². The number of hydrogen-bond acceptors (Lipinski definition) is 8. The van der Waals surface area contributed by atoms with Gasteiger partial charge in [0.1, 0.15) is 16.9 Å². The van der Waals surface area contributed by atoms with E-state index in [1.165, 1.54) is 30.0 Å². The van der Waals surface area contributed by atoms with E-state index in [1.54, 1.807) is 24.3 Å². The molecule has 0 saturated heterocycles. The summed E-state index contributed by atoms with van der Waals surface area (Å²) in [5.74, 6) is 0.211. The third-order valence-corrected chi connectivity index (χ3v) is 8.63. The van der Waals surface area contributed by atoms with E-state index in [-0.39, 0.29) is 5.41 Å². The highest BCUT2D eigenvalue weighted by atomic mass is 32.2. The maximum atomic E-state index is 12.9. The monoisotopic (exact) mass is 537 g/mol. The Morgan fingerprint density at radius 3 is 2.59 bits per heavy atom. The van der Waals surface area contributed by atoms with Crippen molar-refractivity contribution in [1.29, 1.82) is 5.26 Å². The van der Waals surface area contributed by atoms with Crippen molar-refractivity contribution in [1.82, 2.24) is 14.8 Å². The maximum absolute atomic E-state index is 12.9. The van der Waals surface area contributed by atoms with E-state index in [9.17, 15) is 14.9 Å². The van der Waals surface area contributed by atoms with Gasteiger partial charge in [-0.2, -0.15) is 5.26 Å². The van der Waals surface area contributed by atoms with Crippen LogP contribution in [0.5, 0.6) is 0 Å².